The fourth-order valence-corrected chi connectivity index (χ4v) is 1.65. The molecular formula is C14H21NO4. The second-order valence-electron chi connectivity index (χ2n) is 4.77. The number of benzene rings is 1. The van der Waals surface area contributed by atoms with Gasteiger partial charge < -0.3 is 14.7 Å². The lowest BCUT2D eigenvalue weighted by molar-refractivity contribution is -0.158. The van der Waals surface area contributed by atoms with Crippen molar-refractivity contribution in [2.75, 3.05) is 6.61 Å². The van der Waals surface area contributed by atoms with Crippen molar-refractivity contribution < 1.29 is 19.5 Å². The molecule has 2 N–H and O–H groups in total. The molecular weight excluding hydrogens is 246 g/mol. The first-order valence-electron chi connectivity index (χ1n) is 6.23. The van der Waals surface area contributed by atoms with E-state index in [1.807, 2.05) is 19.1 Å². The van der Waals surface area contributed by atoms with E-state index in [2.05, 4.69) is 5.48 Å². The maximum Gasteiger partial charge on any atom is 0.349 e. The maximum atomic E-state index is 11.8. The fourth-order valence-electron chi connectivity index (χ4n) is 1.65. The summed E-state index contributed by atoms with van der Waals surface area (Å²) in [6.45, 7) is 7.68. The summed E-state index contributed by atoms with van der Waals surface area (Å²) in [4.78, 5) is 11.8. The number of esters is 1. The van der Waals surface area contributed by atoms with E-state index in [0.29, 0.717) is 18.9 Å². The molecule has 0 aromatic heterocycles. The Kier molecular flexibility index (Phi) is 5.32. The molecule has 0 bridgehead atoms. The van der Waals surface area contributed by atoms with Gasteiger partial charge in [0.1, 0.15) is 5.75 Å². The monoisotopic (exact) mass is 267 g/mol. The quantitative estimate of drug-likeness (QED) is 0.611. The SMILES string of the molecule is CCOC(=O)C(C)(C)Oc1ccc(CNO)cc1C. The zero-order chi connectivity index (χ0) is 14.5. The van der Waals surface area contributed by atoms with E-state index in [1.165, 1.54) is 0 Å². The normalized spacial score (nSPS) is 11.2. The molecule has 0 spiro atoms. The molecule has 0 saturated carbocycles. The first-order valence-corrected chi connectivity index (χ1v) is 6.23. The predicted molar refractivity (Wildman–Crippen MR) is 71.1 cm³/mol. The Labute approximate surface area is 113 Å². The van der Waals surface area contributed by atoms with E-state index in [4.69, 9.17) is 14.7 Å². The lowest BCUT2D eigenvalue weighted by Gasteiger charge is -2.25. The highest BCUT2D eigenvalue weighted by Crippen LogP contribution is 2.24. The molecule has 1 aromatic rings. The average Bonchev–Trinajstić information content (AvgIpc) is 2.33. The minimum absolute atomic E-state index is 0.325. The van der Waals surface area contributed by atoms with Crippen molar-refractivity contribution in [3.05, 3.63) is 29.3 Å². The number of hydrogen-bond donors (Lipinski definition) is 2. The molecule has 1 aromatic carbocycles. The van der Waals surface area contributed by atoms with E-state index < -0.39 is 11.6 Å². The molecule has 0 atom stereocenters. The van der Waals surface area contributed by atoms with E-state index >= 15 is 0 Å². The average molecular weight is 267 g/mol. The highest BCUT2D eigenvalue weighted by molar-refractivity contribution is 5.79. The van der Waals surface area contributed by atoms with Gasteiger partial charge in [0.2, 0.25) is 0 Å². The summed E-state index contributed by atoms with van der Waals surface area (Å²) >= 11 is 0. The number of carbonyl (C=O) groups is 1. The van der Waals surface area contributed by atoms with Crippen LogP contribution in [0.15, 0.2) is 18.2 Å². The molecule has 0 aliphatic heterocycles. The number of carbonyl (C=O) groups excluding carboxylic acids is 1. The molecule has 0 heterocycles. The zero-order valence-electron chi connectivity index (χ0n) is 11.8. The van der Waals surface area contributed by atoms with Crippen LogP contribution >= 0.6 is 0 Å². The second kappa shape index (κ2) is 6.54. The Morgan fingerprint density at radius 2 is 2.11 bits per heavy atom. The molecule has 1 rings (SSSR count). The van der Waals surface area contributed by atoms with Crippen LogP contribution in [-0.4, -0.2) is 23.4 Å². The molecule has 106 valence electrons. The highest BCUT2D eigenvalue weighted by Gasteiger charge is 2.31. The lowest BCUT2D eigenvalue weighted by Crippen LogP contribution is -2.39. The van der Waals surface area contributed by atoms with Gasteiger partial charge in [0.25, 0.3) is 0 Å². The van der Waals surface area contributed by atoms with Crippen molar-refractivity contribution in [1.82, 2.24) is 5.48 Å². The van der Waals surface area contributed by atoms with Crippen LogP contribution in [-0.2, 0) is 16.1 Å². The van der Waals surface area contributed by atoms with Crippen molar-refractivity contribution in [1.29, 1.82) is 0 Å². The standard InChI is InChI=1S/C14H21NO4/c1-5-18-13(16)14(3,4)19-12-7-6-11(9-15-17)8-10(12)2/h6-8,15,17H,5,9H2,1-4H3. The van der Waals surface area contributed by atoms with Crippen molar-refractivity contribution in [2.24, 2.45) is 0 Å². The molecule has 0 radical (unpaired) electrons. The Morgan fingerprint density at radius 3 is 2.63 bits per heavy atom. The summed E-state index contributed by atoms with van der Waals surface area (Å²) < 4.78 is 10.7. The molecule has 0 unspecified atom stereocenters. The summed E-state index contributed by atoms with van der Waals surface area (Å²) in [7, 11) is 0. The molecule has 0 aliphatic rings. The van der Waals surface area contributed by atoms with Gasteiger partial charge in [-0.2, -0.15) is 0 Å². The minimum Gasteiger partial charge on any atom is -0.476 e. The van der Waals surface area contributed by atoms with E-state index in [1.54, 1.807) is 26.8 Å². The van der Waals surface area contributed by atoms with Crippen LogP contribution in [0.4, 0.5) is 0 Å². The third kappa shape index (κ3) is 4.22. The van der Waals surface area contributed by atoms with Gasteiger partial charge in [-0.3, -0.25) is 0 Å². The van der Waals surface area contributed by atoms with Crippen molar-refractivity contribution in [3.8, 4) is 5.75 Å². The fraction of sp³-hybridized carbons (Fsp3) is 0.500. The number of hydrogen-bond acceptors (Lipinski definition) is 5. The number of aryl methyl sites for hydroxylation is 1. The summed E-state index contributed by atoms with van der Waals surface area (Å²) in [5, 5.41) is 8.66. The lowest BCUT2D eigenvalue weighted by atomic mass is 10.1. The smallest absolute Gasteiger partial charge is 0.349 e. The second-order valence-corrected chi connectivity index (χ2v) is 4.77. The molecule has 0 fully saturated rings. The summed E-state index contributed by atoms with van der Waals surface area (Å²) in [6, 6.07) is 5.50. The first kappa shape index (κ1) is 15.5. The summed E-state index contributed by atoms with van der Waals surface area (Å²) in [6.07, 6.45) is 0. The topological polar surface area (TPSA) is 67.8 Å². The van der Waals surface area contributed by atoms with Crippen LogP contribution in [0, 0.1) is 6.92 Å². The van der Waals surface area contributed by atoms with Crippen LogP contribution in [0.25, 0.3) is 0 Å². The molecule has 5 nitrogen and oxygen atoms in total. The molecule has 0 amide bonds. The van der Waals surface area contributed by atoms with E-state index in [9.17, 15) is 4.79 Å². The van der Waals surface area contributed by atoms with E-state index in [-0.39, 0.29) is 0 Å². The predicted octanol–water partition coefficient (Wildman–Crippen LogP) is 2.19. The number of nitrogens with one attached hydrogen (secondary N) is 1. The van der Waals surface area contributed by atoms with Crippen LogP contribution in [0.3, 0.4) is 0 Å². The molecule has 0 saturated heterocycles. The Morgan fingerprint density at radius 1 is 1.42 bits per heavy atom. The largest absolute Gasteiger partial charge is 0.476 e. The third-order valence-corrected chi connectivity index (χ3v) is 2.65. The zero-order valence-corrected chi connectivity index (χ0v) is 11.8. The molecule has 19 heavy (non-hydrogen) atoms. The van der Waals surface area contributed by atoms with Crippen LogP contribution in [0.1, 0.15) is 31.9 Å². The molecule has 5 heteroatoms. The van der Waals surface area contributed by atoms with Gasteiger partial charge in [0.15, 0.2) is 5.60 Å². The Bertz CT molecular complexity index is 443. The number of hydroxylamine groups is 1. The van der Waals surface area contributed by atoms with Gasteiger partial charge in [0.05, 0.1) is 6.61 Å². The summed E-state index contributed by atoms with van der Waals surface area (Å²) in [5.41, 5.74) is 2.89. The van der Waals surface area contributed by atoms with E-state index in [0.717, 1.165) is 11.1 Å². The third-order valence-electron chi connectivity index (χ3n) is 2.65. The maximum absolute atomic E-state index is 11.8. The first-order chi connectivity index (χ1) is 8.90. The van der Waals surface area contributed by atoms with Gasteiger partial charge in [-0.05, 0) is 44.9 Å². The van der Waals surface area contributed by atoms with Crippen LogP contribution in [0.5, 0.6) is 5.75 Å². The van der Waals surface area contributed by atoms with Crippen molar-refractivity contribution in [2.45, 2.75) is 39.8 Å². The van der Waals surface area contributed by atoms with Crippen LogP contribution < -0.4 is 10.2 Å². The minimum atomic E-state index is -1.03. The van der Waals surface area contributed by atoms with Crippen LogP contribution in [0.2, 0.25) is 0 Å². The number of rotatable bonds is 6. The molecule has 0 aliphatic carbocycles. The van der Waals surface area contributed by atoms with Crippen molar-refractivity contribution in [3.63, 3.8) is 0 Å². The Hall–Kier alpha value is -1.59. The van der Waals surface area contributed by atoms with Gasteiger partial charge in [0, 0.05) is 6.54 Å². The van der Waals surface area contributed by atoms with Crippen molar-refractivity contribution >= 4 is 5.97 Å². The Balaban J connectivity index is 2.84. The van der Waals surface area contributed by atoms with Gasteiger partial charge in [-0.1, -0.05) is 12.1 Å². The van der Waals surface area contributed by atoms with Gasteiger partial charge in [-0.15, -0.1) is 0 Å². The van der Waals surface area contributed by atoms with Gasteiger partial charge >= 0.3 is 5.97 Å². The summed E-state index contributed by atoms with van der Waals surface area (Å²) in [5.74, 6) is 0.232. The van der Waals surface area contributed by atoms with Gasteiger partial charge in [-0.25, -0.2) is 10.3 Å². The number of ether oxygens (including phenoxy) is 2. The highest BCUT2D eigenvalue weighted by atomic mass is 16.6.